The molecule has 2 aromatic rings. The van der Waals surface area contributed by atoms with Crippen molar-refractivity contribution >= 4 is 0 Å². The van der Waals surface area contributed by atoms with Gasteiger partial charge in [0.25, 0.3) is 0 Å². The normalized spacial score (nSPS) is 12.6. The number of H-pyrrole nitrogens is 1. The Morgan fingerprint density at radius 2 is 2.19 bits per heavy atom. The second-order valence-corrected chi connectivity index (χ2v) is 4.23. The number of halogens is 3. The third-order valence-electron chi connectivity index (χ3n) is 2.83. The molecule has 110 valence electrons. The molecule has 0 bridgehead atoms. The van der Waals surface area contributed by atoms with Crippen molar-refractivity contribution in [3.63, 3.8) is 0 Å². The van der Waals surface area contributed by atoms with Gasteiger partial charge < -0.3 is 0 Å². The van der Waals surface area contributed by atoms with Gasteiger partial charge in [-0.25, -0.2) is 4.98 Å². The topological polar surface area (TPSA) is 53.6 Å². The highest BCUT2D eigenvalue weighted by Gasteiger charge is 2.31. The van der Waals surface area contributed by atoms with Crippen LogP contribution >= 0.6 is 0 Å². The molecule has 1 aromatic carbocycles. The average molecular weight is 294 g/mol. The molecule has 2 N–H and O–H groups in total. The minimum absolute atomic E-state index is 0.331. The number of aromatic nitrogens is 3. The molecule has 0 aliphatic carbocycles. The average Bonchev–Trinajstić information content (AvgIpc) is 2.97. The molecule has 2 rings (SSSR count). The van der Waals surface area contributed by atoms with Crippen molar-refractivity contribution in [3.8, 4) is 11.8 Å². The molecular weight excluding hydrogens is 281 g/mol. The molecule has 0 fully saturated rings. The summed E-state index contributed by atoms with van der Waals surface area (Å²) in [4.78, 5) is 4.00. The molecule has 0 saturated carbocycles. The van der Waals surface area contributed by atoms with E-state index >= 15 is 0 Å². The van der Waals surface area contributed by atoms with Gasteiger partial charge in [-0.1, -0.05) is 18.1 Å². The van der Waals surface area contributed by atoms with Gasteiger partial charge in [0.1, 0.15) is 12.2 Å². The van der Waals surface area contributed by atoms with Crippen molar-refractivity contribution < 1.29 is 13.2 Å². The Bertz CT molecular complexity index is 638. The summed E-state index contributed by atoms with van der Waals surface area (Å²) >= 11 is 0. The predicted molar refractivity (Wildman–Crippen MR) is 71.1 cm³/mol. The molecule has 1 atom stereocenters. The minimum atomic E-state index is -4.38. The van der Waals surface area contributed by atoms with Crippen LogP contribution in [0, 0.1) is 11.8 Å². The van der Waals surface area contributed by atoms with E-state index in [2.05, 4.69) is 32.3 Å². The van der Waals surface area contributed by atoms with Crippen LogP contribution in [0.15, 0.2) is 30.6 Å². The maximum atomic E-state index is 12.8. The van der Waals surface area contributed by atoms with Crippen LogP contribution in [-0.2, 0) is 6.18 Å². The van der Waals surface area contributed by atoms with Gasteiger partial charge in [-0.05, 0) is 24.6 Å². The lowest BCUT2D eigenvalue weighted by Crippen LogP contribution is -2.24. The third kappa shape index (κ3) is 3.83. The first-order chi connectivity index (χ1) is 10.0. The maximum Gasteiger partial charge on any atom is 0.416 e. The monoisotopic (exact) mass is 294 g/mol. The second-order valence-electron chi connectivity index (χ2n) is 4.23. The molecule has 1 heterocycles. The Hall–Kier alpha value is -2.33. The molecule has 1 aromatic heterocycles. The largest absolute Gasteiger partial charge is 0.416 e. The number of benzene rings is 1. The van der Waals surface area contributed by atoms with E-state index in [0.717, 1.165) is 12.1 Å². The van der Waals surface area contributed by atoms with Crippen LogP contribution in [0.1, 0.15) is 29.9 Å². The zero-order valence-electron chi connectivity index (χ0n) is 11.2. The van der Waals surface area contributed by atoms with Crippen molar-refractivity contribution in [1.82, 2.24) is 20.5 Å². The number of hydrogen-bond donors (Lipinski definition) is 2. The summed E-state index contributed by atoms with van der Waals surface area (Å²) in [6, 6.07) is 4.58. The van der Waals surface area contributed by atoms with Crippen LogP contribution in [0.5, 0.6) is 0 Å². The predicted octanol–water partition coefficient (Wildman–Crippen LogP) is 2.53. The van der Waals surface area contributed by atoms with Crippen molar-refractivity contribution in [3.05, 3.63) is 47.5 Å². The van der Waals surface area contributed by atoms with Crippen molar-refractivity contribution in [2.45, 2.75) is 19.1 Å². The van der Waals surface area contributed by atoms with Gasteiger partial charge in [0.15, 0.2) is 0 Å². The zero-order valence-corrected chi connectivity index (χ0v) is 11.2. The lowest BCUT2D eigenvalue weighted by atomic mass is 10.0. The highest BCUT2D eigenvalue weighted by molar-refractivity contribution is 5.31. The quantitative estimate of drug-likeness (QED) is 0.852. The van der Waals surface area contributed by atoms with Crippen molar-refractivity contribution in [1.29, 1.82) is 0 Å². The van der Waals surface area contributed by atoms with Crippen LogP contribution in [0.3, 0.4) is 0 Å². The summed E-state index contributed by atoms with van der Waals surface area (Å²) in [5.74, 6) is 5.96. The van der Waals surface area contributed by atoms with Crippen molar-refractivity contribution in [2.24, 2.45) is 0 Å². The van der Waals surface area contributed by atoms with E-state index in [0.29, 0.717) is 17.9 Å². The van der Waals surface area contributed by atoms with Gasteiger partial charge in [0, 0.05) is 0 Å². The molecule has 0 saturated heterocycles. The highest BCUT2D eigenvalue weighted by Crippen LogP contribution is 2.31. The summed E-state index contributed by atoms with van der Waals surface area (Å²) in [6.45, 7) is 2.02. The first-order valence-corrected chi connectivity index (χ1v) is 6.18. The Morgan fingerprint density at radius 1 is 1.38 bits per heavy atom. The van der Waals surface area contributed by atoms with Gasteiger partial charge in [-0.15, -0.1) is 5.92 Å². The molecule has 7 heteroatoms. The summed E-state index contributed by atoms with van der Waals surface area (Å²) in [5, 5.41) is 9.44. The Morgan fingerprint density at radius 3 is 2.81 bits per heavy atom. The Kier molecular flexibility index (Phi) is 4.60. The number of alkyl halides is 3. The number of rotatable bonds is 4. The van der Waals surface area contributed by atoms with Crippen molar-refractivity contribution in [2.75, 3.05) is 6.54 Å². The molecule has 4 nitrogen and oxygen atoms in total. The van der Waals surface area contributed by atoms with Crippen LogP contribution in [-0.4, -0.2) is 21.7 Å². The maximum absolute atomic E-state index is 12.8. The lowest BCUT2D eigenvalue weighted by Gasteiger charge is -2.17. The highest BCUT2D eigenvalue weighted by atomic mass is 19.4. The van der Waals surface area contributed by atoms with Crippen LogP contribution in [0.4, 0.5) is 13.2 Å². The summed E-state index contributed by atoms with van der Waals surface area (Å²) < 4.78 is 38.4. The van der Waals surface area contributed by atoms with E-state index in [1.165, 1.54) is 12.4 Å². The molecule has 0 spiro atoms. The van der Waals surface area contributed by atoms with E-state index < -0.39 is 17.8 Å². The molecule has 0 aliphatic rings. The minimum Gasteiger partial charge on any atom is -0.293 e. The van der Waals surface area contributed by atoms with E-state index in [9.17, 15) is 13.2 Å². The van der Waals surface area contributed by atoms with Crippen LogP contribution in [0.25, 0.3) is 0 Å². The first kappa shape index (κ1) is 15.1. The Labute approximate surface area is 119 Å². The number of aromatic amines is 1. The van der Waals surface area contributed by atoms with Gasteiger partial charge >= 0.3 is 6.18 Å². The van der Waals surface area contributed by atoms with E-state index in [1.807, 2.05) is 0 Å². The standard InChI is InChI=1S/C14H13F3N4/c1-2-3-7-18-12(13-19-9-20-21-13)10-5-4-6-11(8-10)14(15,16)17/h4-6,8-9,12,18H,7H2,1H3,(H,19,20,21). The van der Waals surface area contributed by atoms with Crippen LogP contribution < -0.4 is 5.32 Å². The fraction of sp³-hybridized carbons (Fsp3) is 0.286. The number of nitrogens with zero attached hydrogens (tertiary/aromatic N) is 2. The van der Waals surface area contributed by atoms with Gasteiger partial charge in [-0.2, -0.15) is 18.3 Å². The SMILES string of the molecule is CC#CCNC(c1cccc(C(F)(F)F)c1)c1ncn[nH]1. The smallest absolute Gasteiger partial charge is 0.293 e. The first-order valence-electron chi connectivity index (χ1n) is 6.18. The summed E-state index contributed by atoms with van der Waals surface area (Å²) in [6.07, 6.45) is -3.08. The Balaban J connectivity index is 2.34. The number of nitrogens with one attached hydrogen (secondary N) is 2. The fourth-order valence-corrected chi connectivity index (χ4v) is 1.86. The third-order valence-corrected chi connectivity index (χ3v) is 2.83. The summed E-state index contributed by atoms with van der Waals surface area (Å²) in [5.41, 5.74) is -0.257. The number of hydrogen-bond acceptors (Lipinski definition) is 3. The molecule has 21 heavy (non-hydrogen) atoms. The fourth-order valence-electron chi connectivity index (χ4n) is 1.86. The van der Waals surface area contributed by atoms with Gasteiger partial charge in [-0.3, -0.25) is 10.4 Å². The van der Waals surface area contributed by atoms with E-state index in [-0.39, 0.29) is 0 Å². The molecule has 0 radical (unpaired) electrons. The van der Waals surface area contributed by atoms with E-state index in [1.54, 1.807) is 13.0 Å². The van der Waals surface area contributed by atoms with Gasteiger partial charge in [0.2, 0.25) is 0 Å². The van der Waals surface area contributed by atoms with Crippen LogP contribution in [0.2, 0.25) is 0 Å². The van der Waals surface area contributed by atoms with Gasteiger partial charge in [0.05, 0.1) is 18.2 Å². The molecule has 0 amide bonds. The second kappa shape index (κ2) is 6.41. The van der Waals surface area contributed by atoms with E-state index in [4.69, 9.17) is 0 Å². The molecule has 0 aliphatic heterocycles. The summed E-state index contributed by atoms with van der Waals surface area (Å²) in [7, 11) is 0. The molecule has 1 unspecified atom stereocenters. The lowest BCUT2D eigenvalue weighted by molar-refractivity contribution is -0.137. The zero-order chi connectivity index (χ0) is 15.3. The molecular formula is C14H13F3N4.